The van der Waals surface area contributed by atoms with Crippen LogP contribution in [0.1, 0.15) is 41.8 Å². The molecule has 0 N–H and O–H groups in total. The molecule has 0 aliphatic carbocycles. The molecule has 5 heteroatoms. The highest BCUT2D eigenvalue weighted by Crippen LogP contribution is 2.34. The van der Waals surface area contributed by atoms with Crippen LogP contribution < -0.4 is 0 Å². The molecule has 3 aromatic rings. The second-order valence-corrected chi connectivity index (χ2v) is 7.33. The minimum absolute atomic E-state index is 0.00214. The Morgan fingerprint density at radius 2 is 1.86 bits per heavy atom. The maximum atomic E-state index is 11.3. The number of hydrogen-bond donors (Lipinski definition) is 0. The Morgan fingerprint density at radius 3 is 2.64 bits per heavy atom. The third-order valence-corrected chi connectivity index (χ3v) is 5.62. The Bertz CT molecular complexity index is 979. The fourth-order valence-corrected chi connectivity index (χ4v) is 4.28. The minimum Gasteiger partial charge on any atom is -0.350 e. The van der Waals surface area contributed by atoms with Gasteiger partial charge < -0.3 is 4.57 Å². The van der Waals surface area contributed by atoms with E-state index in [1.165, 1.54) is 16.8 Å². The molecule has 0 radical (unpaired) electrons. The molecule has 1 aliphatic heterocycles. The van der Waals surface area contributed by atoms with Crippen LogP contribution in [0.25, 0.3) is 0 Å². The van der Waals surface area contributed by atoms with Crippen molar-refractivity contribution in [3.63, 3.8) is 0 Å². The number of aromatic nitrogens is 1. The molecule has 0 bridgehead atoms. The average molecular weight is 375 g/mol. The number of nitro groups is 1. The van der Waals surface area contributed by atoms with Gasteiger partial charge in [0, 0.05) is 43.7 Å². The van der Waals surface area contributed by atoms with Gasteiger partial charge in [-0.1, -0.05) is 43.3 Å². The summed E-state index contributed by atoms with van der Waals surface area (Å²) in [5, 5.41) is 11.3. The molecule has 0 saturated carbocycles. The first kappa shape index (κ1) is 18.4. The second-order valence-electron chi connectivity index (χ2n) is 7.33. The summed E-state index contributed by atoms with van der Waals surface area (Å²) in [6.07, 6.45) is 4.17. The van der Waals surface area contributed by atoms with Gasteiger partial charge in [-0.05, 0) is 41.7 Å². The third-order valence-electron chi connectivity index (χ3n) is 5.62. The number of rotatable bonds is 5. The molecule has 2 aromatic carbocycles. The van der Waals surface area contributed by atoms with Gasteiger partial charge in [0.15, 0.2) is 0 Å². The molecule has 1 atom stereocenters. The Labute approximate surface area is 165 Å². The van der Waals surface area contributed by atoms with Crippen LogP contribution in [0.4, 0.5) is 5.69 Å². The van der Waals surface area contributed by atoms with E-state index < -0.39 is 0 Å². The number of non-ortho nitro benzene ring substituents is 1. The number of fused-ring (bicyclic) bond motifs is 1. The molecular weight excluding hydrogens is 350 g/mol. The summed E-state index contributed by atoms with van der Waals surface area (Å²) in [4.78, 5) is 13.5. The van der Waals surface area contributed by atoms with Crippen molar-refractivity contribution < 1.29 is 4.92 Å². The number of aryl methyl sites for hydroxylation is 2. The van der Waals surface area contributed by atoms with Gasteiger partial charge in [0.2, 0.25) is 0 Å². The van der Waals surface area contributed by atoms with Gasteiger partial charge in [0.1, 0.15) is 0 Å². The van der Waals surface area contributed by atoms with Gasteiger partial charge in [0.25, 0.3) is 5.69 Å². The SMILES string of the molecule is CCc1ccccc1CN1CCCn2cccc2C1c1cccc([N+](=O)[O-])c1. The quantitative estimate of drug-likeness (QED) is 0.468. The lowest BCUT2D eigenvalue weighted by atomic mass is 9.99. The fourth-order valence-electron chi connectivity index (χ4n) is 4.28. The predicted octanol–water partition coefficient (Wildman–Crippen LogP) is 4.95. The van der Waals surface area contributed by atoms with E-state index >= 15 is 0 Å². The number of benzene rings is 2. The summed E-state index contributed by atoms with van der Waals surface area (Å²) in [6, 6.07) is 19.9. The summed E-state index contributed by atoms with van der Waals surface area (Å²) in [7, 11) is 0. The summed E-state index contributed by atoms with van der Waals surface area (Å²) >= 11 is 0. The third kappa shape index (κ3) is 3.58. The predicted molar refractivity (Wildman–Crippen MR) is 110 cm³/mol. The van der Waals surface area contributed by atoms with E-state index in [2.05, 4.69) is 59.0 Å². The minimum atomic E-state index is -0.310. The van der Waals surface area contributed by atoms with Crippen molar-refractivity contribution in [1.82, 2.24) is 9.47 Å². The highest BCUT2D eigenvalue weighted by molar-refractivity contribution is 5.39. The van der Waals surface area contributed by atoms with Gasteiger partial charge in [-0.25, -0.2) is 0 Å². The van der Waals surface area contributed by atoms with Crippen LogP contribution in [-0.2, 0) is 19.5 Å². The molecule has 2 heterocycles. The lowest BCUT2D eigenvalue weighted by molar-refractivity contribution is -0.384. The average Bonchev–Trinajstić information content (AvgIpc) is 3.10. The molecule has 5 nitrogen and oxygen atoms in total. The van der Waals surface area contributed by atoms with Crippen molar-refractivity contribution in [3.8, 4) is 0 Å². The van der Waals surface area contributed by atoms with Gasteiger partial charge in [-0.15, -0.1) is 0 Å². The molecule has 0 saturated heterocycles. The van der Waals surface area contributed by atoms with E-state index in [-0.39, 0.29) is 16.7 Å². The molecule has 4 rings (SSSR count). The molecular formula is C23H25N3O2. The lowest BCUT2D eigenvalue weighted by Gasteiger charge is -2.31. The monoisotopic (exact) mass is 375 g/mol. The molecule has 1 aromatic heterocycles. The zero-order valence-electron chi connectivity index (χ0n) is 16.1. The van der Waals surface area contributed by atoms with Crippen LogP contribution in [0.3, 0.4) is 0 Å². The summed E-state index contributed by atoms with van der Waals surface area (Å²) in [5.74, 6) is 0. The van der Waals surface area contributed by atoms with Gasteiger partial charge >= 0.3 is 0 Å². The van der Waals surface area contributed by atoms with Crippen molar-refractivity contribution in [2.24, 2.45) is 0 Å². The fraction of sp³-hybridized carbons (Fsp3) is 0.304. The first-order valence-corrected chi connectivity index (χ1v) is 9.87. The van der Waals surface area contributed by atoms with Gasteiger partial charge in [-0.3, -0.25) is 15.0 Å². The van der Waals surface area contributed by atoms with E-state index in [1.807, 2.05) is 6.07 Å². The topological polar surface area (TPSA) is 51.3 Å². The van der Waals surface area contributed by atoms with Crippen molar-refractivity contribution in [3.05, 3.63) is 99.4 Å². The van der Waals surface area contributed by atoms with E-state index in [1.54, 1.807) is 18.2 Å². The largest absolute Gasteiger partial charge is 0.350 e. The van der Waals surface area contributed by atoms with E-state index in [0.717, 1.165) is 38.0 Å². The molecule has 0 amide bonds. The van der Waals surface area contributed by atoms with Crippen molar-refractivity contribution >= 4 is 5.69 Å². The van der Waals surface area contributed by atoms with Crippen LogP contribution in [0.5, 0.6) is 0 Å². The van der Waals surface area contributed by atoms with E-state index in [4.69, 9.17) is 0 Å². The molecule has 0 fully saturated rings. The molecule has 28 heavy (non-hydrogen) atoms. The molecule has 1 unspecified atom stereocenters. The first-order valence-electron chi connectivity index (χ1n) is 9.87. The van der Waals surface area contributed by atoms with Crippen molar-refractivity contribution in [2.75, 3.05) is 6.54 Å². The maximum Gasteiger partial charge on any atom is 0.269 e. The zero-order chi connectivity index (χ0) is 19.5. The zero-order valence-corrected chi connectivity index (χ0v) is 16.1. The van der Waals surface area contributed by atoms with E-state index in [0.29, 0.717) is 0 Å². The highest BCUT2D eigenvalue weighted by Gasteiger charge is 2.28. The Balaban J connectivity index is 1.77. The van der Waals surface area contributed by atoms with E-state index in [9.17, 15) is 10.1 Å². The first-order chi connectivity index (χ1) is 13.7. The Hall–Kier alpha value is -2.92. The summed E-state index contributed by atoms with van der Waals surface area (Å²) < 4.78 is 2.29. The van der Waals surface area contributed by atoms with Crippen LogP contribution in [-0.4, -0.2) is 20.9 Å². The normalized spacial score (nSPS) is 17.1. The van der Waals surface area contributed by atoms with Crippen LogP contribution in [0.15, 0.2) is 66.9 Å². The van der Waals surface area contributed by atoms with Crippen molar-refractivity contribution in [2.45, 2.75) is 38.9 Å². The Kier molecular flexibility index (Phi) is 5.26. The van der Waals surface area contributed by atoms with Gasteiger partial charge in [0.05, 0.1) is 11.0 Å². The van der Waals surface area contributed by atoms with Crippen LogP contribution >= 0.6 is 0 Å². The smallest absolute Gasteiger partial charge is 0.269 e. The molecule has 0 spiro atoms. The van der Waals surface area contributed by atoms with Gasteiger partial charge in [-0.2, -0.15) is 0 Å². The molecule has 144 valence electrons. The maximum absolute atomic E-state index is 11.3. The second kappa shape index (κ2) is 7.98. The lowest BCUT2D eigenvalue weighted by Crippen LogP contribution is -2.30. The standard InChI is InChI=1S/C23H25N3O2/c1-2-18-8-3-4-9-20(18)17-25-15-7-14-24-13-6-12-22(24)23(25)19-10-5-11-21(16-19)26(27)28/h3-6,8-13,16,23H,2,7,14-15,17H2,1H3. The van der Waals surface area contributed by atoms with Crippen molar-refractivity contribution in [1.29, 1.82) is 0 Å². The highest BCUT2D eigenvalue weighted by atomic mass is 16.6. The Morgan fingerprint density at radius 1 is 1.04 bits per heavy atom. The number of nitro benzene ring substituents is 1. The number of nitrogens with zero attached hydrogens (tertiary/aromatic N) is 3. The molecule has 1 aliphatic rings. The van der Waals surface area contributed by atoms with Crippen LogP contribution in [0.2, 0.25) is 0 Å². The number of hydrogen-bond acceptors (Lipinski definition) is 3. The summed E-state index contributed by atoms with van der Waals surface area (Å²) in [6.45, 7) is 4.94. The van der Waals surface area contributed by atoms with Crippen LogP contribution in [0, 0.1) is 10.1 Å². The summed E-state index contributed by atoms with van der Waals surface area (Å²) in [5.41, 5.74) is 5.02.